The number of carbonyl (C=O) groups excluding carboxylic acids is 2. The van der Waals surface area contributed by atoms with Crippen LogP contribution in [0, 0.1) is 0 Å². The highest BCUT2D eigenvalue weighted by Gasteiger charge is 2.37. The Kier molecular flexibility index (Phi) is 8.11. The molecule has 6 heteroatoms. The summed E-state index contributed by atoms with van der Waals surface area (Å²) < 4.78 is 4.60. The SMILES string of the molecule is COC(=O)CCCC(=O)NC1CCC(Cc2ccc(Cl)cc2)(N(C)C)CC1. The van der Waals surface area contributed by atoms with Gasteiger partial charge in [-0.15, -0.1) is 0 Å². The number of methoxy groups -OCH3 is 1. The molecule has 1 aromatic rings. The molecule has 0 atom stereocenters. The molecule has 5 nitrogen and oxygen atoms in total. The van der Waals surface area contributed by atoms with Crippen molar-refractivity contribution in [2.45, 2.75) is 62.9 Å². The zero-order valence-corrected chi connectivity index (χ0v) is 17.3. The van der Waals surface area contributed by atoms with E-state index in [4.69, 9.17) is 11.6 Å². The summed E-state index contributed by atoms with van der Waals surface area (Å²) in [6.07, 6.45) is 6.18. The van der Waals surface area contributed by atoms with Gasteiger partial charge in [-0.1, -0.05) is 23.7 Å². The molecule has 1 N–H and O–H groups in total. The van der Waals surface area contributed by atoms with Crippen LogP contribution in [0.2, 0.25) is 5.02 Å². The van der Waals surface area contributed by atoms with Gasteiger partial charge in [0.25, 0.3) is 0 Å². The zero-order valence-electron chi connectivity index (χ0n) is 16.6. The predicted octanol–water partition coefficient (Wildman–Crippen LogP) is 3.59. The summed E-state index contributed by atoms with van der Waals surface area (Å²) >= 11 is 6.00. The normalized spacial score (nSPS) is 22.5. The highest BCUT2D eigenvalue weighted by atomic mass is 35.5. The Balaban J connectivity index is 1.84. The van der Waals surface area contributed by atoms with Gasteiger partial charge in [-0.05, 0) is 70.3 Å². The molecule has 0 bridgehead atoms. The lowest BCUT2D eigenvalue weighted by Gasteiger charge is -2.45. The van der Waals surface area contributed by atoms with E-state index in [1.165, 1.54) is 12.7 Å². The first-order valence-corrected chi connectivity index (χ1v) is 10.0. The minimum Gasteiger partial charge on any atom is -0.469 e. The number of halogens is 1. The zero-order chi connectivity index (χ0) is 19.9. The average molecular weight is 395 g/mol. The van der Waals surface area contributed by atoms with Crippen molar-refractivity contribution in [3.63, 3.8) is 0 Å². The van der Waals surface area contributed by atoms with Crippen molar-refractivity contribution in [3.05, 3.63) is 34.9 Å². The Morgan fingerprint density at radius 3 is 2.37 bits per heavy atom. The quantitative estimate of drug-likeness (QED) is 0.684. The summed E-state index contributed by atoms with van der Waals surface area (Å²) in [6.45, 7) is 0. The van der Waals surface area contributed by atoms with E-state index >= 15 is 0 Å². The number of likely N-dealkylation sites (N-methyl/N-ethyl adjacent to an activating group) is 1. The summed E-state index contributed by atoms with van der Waals surface area (Å²) in [7, 11) is 5.65. The number of amides is 1. The summed E-state index contributed by atoms with van der Waals surface area (Å²) in [5.41, 5.74) is 1.40. The smallest absolute Gasteiger partial charge is 0.305 e. The van der Waals surface area contributed by atoms with E-state index in [0.717, 1.165) is 37.1 Å². The van der Waals surface area contributed by atoms with Crippen molar-refractivity contribution < 1.29 is 14.3 Å². The molecule has 1 aromatic carbocycles. The van der Waals surface area contributed by atoms with Crippen LogP contribution in [0.1, 0.15) is 50.5 Å². The maximum Gasteiger partial charge on any atom is 0.305 e. The third-order valence-corrected chi connectivity index (χ3v) is 5.94. The Bertz CT molecular complexity index is 623. The highest BCUT2D eigenvalue weighted by Crippen LogP contribution is 2.35. The van der Waals surface area contributed by atoms with Crippen LogP contribution >= 0.6 is 11.6 Å². The maximum atomic E-state index is 12.1. The van der Waals surface area contributed by atoms with E-state index in [2.05, 4.69) is 41.2 Å². The van der Waals surface area contributed by atoms with Crippen LogP contribution in [0.15, 0.2) is 24.3 Å². The molecule has 150 valence electrons. The number of nitrogens with one attached hydrogen (secondary N) is 1. The van der Waals surface area contributed by atoms with Gasteiger partial charge >= 0.3 is 5.97 Å². The summed E-state index contributed by atoms with van der Waals surface area (Å²) in [6, 6.07) is 8.31. The predicted molar refractivity (Wildman–Crippen MR) is 108 cm³/mol. The van der Waals surface area contributed by atoms with Crippen molar-refractivity contribution >= 4 is 23.5 Å². The van der Waals surface area contributed by atoms with Crippen molar-refractivity contribution in [2.24, 2.45) is 0 Å². The van der Waals surface area contributed by atoms with Gasteiger partial charge in [-0.3, -0.25) is 9.59 Å². The molecule has 27 heavy (non-hydrogen) atoms. The molecule has 0 heterocycles. The van der Waals surface area contributed by atoms with Gasteiger partial charge in [0.1, 0.15) is 0 Å². The third-order valence-electron chi connectivity index (χ3n) is 5.69. The Labute approximate surface area is 167 Å². The summed E-state index contributed by atoms with van der Waals surface area (Å²) in [5.74, 6) is -0.239. The Hall–Kier alpha value is -1.59. The van der Waals surface area contributed by atoms with Crippen LogP contribution in [0.5, 0.6) is 0 Å². The first kappa shape index (κ1) is 21.7. The molecule has 0 radical (unpaired) electrons. The monoisotopic (exact) mass is 394 g/mol. The molecule has 0 saturated heterocycles. The van der Waals surface area contributed by atoms with Gasteiger partial charge in [0.15, 0.2) is 0 Å². The van der Waals surface area contributed by atoms with E-state index in [0.29, 0.717) is 19.3 Å². The molecule has 0 spiro atoms. The minimum atomic E-state index is -0.265. The molecule has 0 aliphatic heterocycles. The van der Waals surface area contributed by atoms with Crippen LogP contribution in [0.3, 0.4) is 0 Å². The molecular weight excluding hydrogens is 364 g/mol. The van der Waals surface area contributed by atoms with Crippen LogP contribution in [-0.4, -0.2) is 49.6 Å². The fourth-order valence-electron chi connectivity index (χ4n) is 3.86. The first-order chi connectivity index (χ1) is 12.8. The second-order valence-corrected chi connectivity index (χ2v) is 8.13. The first-order valence-electron chi connectivity index (χ1n) is 9.63. The van der Waals surface area contributed by atoms with Crippen LogP contribution < -0.4 is 5.32 Å². The number of esters is 1. The number of nitrogens with zero attached hydrogens (tertiary/aromatic N) is 1. The molecule has 1 saturated carbocycles. The Morgan fingerprint density at radius 1 is 1.19 bits per heavy atom. The number of hydrogen-bond donors (Lipinski definition) is 1. The molecule has 1 amide bonds. The summed E-state index contributed by atoms with van der Waals surface area (Å²) in [4.78, 5) is 25.6. The van der Waals surface area contributed by atoms with Crippen molar-refractivity contribution in [3.8, 4) is 0 Å². The van der Waals surface area contributed by atoms with E-state index < -0.39 is 0 Å². The van der Waals surface area contributed by atoms with Gasteiger partial charge in [0, 0.05) is 29.4 Å². The number of carbonyl (C=O) groups is 2. The van der Waals surface area contributed by atoms with Crippen LogP contribution in [0.25, 0.3) is 0 Å². The Morgan fingerprint density at radius 2 is 1.81 bits per heavy atom. The number of rotatable bonds is 8. The standard InChI is InChI=1S/C21H31ClN2O3/c1-24(2)21(15-16-7-9-17(22)10-8-16)13-11-18(12-14-21)23-19(25)5-4-6-20(26)27-3/h7-10,18H,4-6,11-15H2,1-3H3,(H,23,25). The molecule has 0 unspecified atom stereocenters. The third kappa shape index (κ3) is 6.51. The van der Waals surface area contributed by atoms with Gasteiger partial charge in [0.2, 0.25) is 5.91 Å². The van der Waals surface area contributed by atoms with Crippen molar-refractivity contribution in [1.29, 1.82) is 0 Å². The lowest BCUT2D eigenvalue weighted by atomic mass is 9.75. The van der Waals surface area contributed by atoms with Gasteiger partial charge in [0.05, 0.1) is 7.11 Å². The van der Waals surface area contributed by atoms with Crippen LogP contribution in [0.4, 0.5) is 0 Å². The van der Waals surface area contributed by atoms with E-state index in [1.807, 2.05) is 12.1 Å². The van der Waals surface area contributed by atoms with E-state index in [9.17, 15) is 9.59 Å². The number of hydrogen-bond acceptors (Lipinski definition) is 4. The lowest BCUT2D eigenvalue weighted by molar-refractivity contribution is -0.140. The van der Waals surface area contributed by atoms with Crippen molar-refractivity contribution in [1.82, 2.24) is 10.2 Å². The fourth-order valence-corrected chi connectivity index (χ4v) is 3.98. The highest BCUT2D eigenvalue weighted by molar-refractivity contribution is 6.30. The molecule has 0 aromatic heterocycles. The van der Waals surface area contributed by atoms with E-state index in [-0.39, 0.29) is 23.5 Å². The molecular formula is C21H31ClN2O3. The van der Waals surface area contributed by atoms with Gasteiger partial charge in [-0.25, -0.2) is 0 Å². The van der Waals surface area contributed by atoms with E-state index in [1.54, 1.807) is 0 Å². The summed E-state index contributed by atoms with van der Waals surface area (Å²) in [5, 5.41) is 3.89. The van der Waals surface area contributed by atoms with Gasteiger partial charge < -0.3 is 15.0 Å². The minimum absolute atomic E-state index is 0.0268. The van der Waals surface area contributed by atoms with Crippen molar-refractivity contribution in [2.75, 3.05) is 21.2 Å². The maximum absolute atomic E-state index is 12.1. The second-order valence-electron chi connectivity index (χ2n) is 7.69. The number of benzene rings is 1. The topological polar surface area (TPSA) is 58.6 Å². The van der Waals surface area contributed by atoms with Gasteiger partial charge in [-0.2, -0.15) is 0 Å². The lowest BCUT2D eigenvalue weighted by Crippen LogP contribution is -2.52. The van der Waals surface area contributed by atoms with Crippen LogP contribution in [-0.2, 0) is 20.7 Å². The molecule has 1 fully saturated rings. The fraction of sp³-hybridized carbons (Fsp3) is 0.619. The molecule has 1 aliphatic carbocycles. The number of ether oxygens (including phenoxy) is 1. The second kappa shape index (κ2) is 10.1. The molecule has 2 rings (SSSR count). The molecule has 1 aliphatic rings. The largest absolute Gasteiger partial charge is 0.469 e. The average Bonchev–Trinajstić information content (AvgIpc) is 2.65.